The predicted octanol–water partition coefficient (Wildman–Crippen LogP) is 5.63. The van der Waals surface area contributed by atoms with Gasteiger partial charge in [-0.3, -0.25) is 24.6 Å². The van der Waals surface area contributed by atoms with Crippen LogP contribution in [0.1, 0.15) is 30.5 Å². The highest BCUT2D eigenvalue weighted by Gasteiger charge is 2.48. The van der Waals surface area contributed by atoms with Crippen LogP contribution in [-0.2, 0) is 9.59 Å². The minimum Gasteiger partial charge on any atom is -0.507 e. The van der Waals surface area contributed by atoms with Crippen LogP contribution in [0.5, 0.6) is 11.5 Å². The van der Waals surface area contributed by atoms with Crippen LogP contribution >= 0.6 is 11.3 Å². The number of amides is 1. The van der Waals surface area contributed by atoms with Crippen molar-refractivity contribution in [3.8, 4) is 11.5 Å². The van der Waals surface area contributed by atoms with Crippen molar-refractivity contribution >= 4 is 49.8 Å². The van der Waals surface area contributed by atoms with E-state index in [0.29, 0.717) is 34.7 Å². The molecule has 3 aromatic carbocycles. The molecule has 0 radical (unpaired) electrons. The number of hydrogen-bond donors (Lipinski definition) is 1. The van der Waals surface area contributed by atoms with E-state index >= 15 is 0 Å². The minimum atomic E-state index is -1.08. The second kappa shape index (κ2) is 10.5. The van der Waals surface area contributed by atoms with E-state index in [-0.39, 0.29) is 22.2 Å². The summed E-state index contributed by atoms with van der Waals surface area (Å²) in [7, 11) is 1.54. The zero-order chi connectivity index (χ0) is 27.7. The highest BCUT2D eigenvalue weighted by molar-refractivity contribution is 7.22. The molecule has 39 heavy (non-hydrogen) atoms. The van der Waals surface area contributed by atoms with Gasteiger partial charge in [0.1, 0.15) is 17.3 Å². The van der Waals surface area contributed by atoms with Crippen LogP contribution in [0.25, 0.3) is 16.0 Å². The van der Waals surface area contributed by atoms with E-state index in [1.54, 1.807) is 49.6 Å². The summed E-state index contributed by atoms with van der Waals surface area (Å²) in [6.07, 6.45) is 0.787. The minimum absolute atomic E-state index is 0.149. The number of nitro benzene ring substituents is 1. The summed E-state index contributed by atoms with van der Waals surface area (Å²) in [4.78, 5) is 43.4. The van der Waals surface area contributed by atoms with Crippen molar-refractivity contribution in [2.45, 2.75) is 19.4 Å². The van der Waals surface area contributed by atoms with Crippen LogP contribution in [0.2, 0.25) is 0 Å². The summed E-state index contributed by atoms with van der Waals surface area (Å²) in [6, 6.07) is 16.3. The Balaban J connectivity index is 1.68. The summed E-state index contributed by atoms with van der Waals surface area (Å²) in [5, 5.41) is 22.9. The first-order valence-corrected chi connectivity index (χ1v) is 12.9. The molecule has 1 saturated heterocycles. The quantitative estimate of drug-likeness (QED) is 0.0991. The van der Waals surface area contributed by atoms with Gasteiger partial charge < -0.3 is 14.6 Å². The fraction of sp³-hybridized carbons (Fsp3) is 0.179. The Morgan fingerprint density at radius 1 is 1.10 bits per heavy atom. The molecule has 1 unspecified atom stereocenters. The number of aliphatic hydroxyl groups is 1. The van der Waals surface area contributed by atoms with Gasteiger partial charge in [-0.2, -0.15) is 0 Å². The number of hydrogen-bond acceptors (Lipinski definition) is 9. The van der Waals surface area contributed by atoms with Crippen molar-refractivity contribution in [1.29, 1.82) is 0 Å². The number of carbonyl (C=O) groups is 2. The van der Waals surface area contributed by atoms with E-state index in [0.717, 1.165) is 11.1 Å². The lowest BCUT2D eigenvalue weighted by molar-refractivity contribution is -0.384. The third-order valence-electron chi connectivity index (χ3n) is 6.23. The number of aromatic nitrogens is 1. The topological polar surface area (TPSA) is 132 Å². The fourth-order valence-corrected chi connectivity index (χ4v) is 5.38. The third kappa shape index (κ3) is 4.79. The molecular weight excluding hydrogens is 522 g/mol. The molecule has 198 valence electrons. The smallest absolute Gasteiger partial charge is 0.301 e. The van der Waals surface area contributed by atoms with Gasteiger partial charge in [-0.25, -0.2) is 4.98 Å². The van der Waals surface area contributed by atoms with Gasteiger partial charge in [0.05, 0.1) is 40.5 Å². The number of Topliss-reactive ketones (excluding diaryl/α,β-unsaturated/α-hetero) is 1. The van der Waals surface area contributed by atoms with Crippen molar-refractivity contribution < 1.29 is 29.1 Å². The van der Waals surface area contributed by atoms with Crippen LogP contribution in [-0.4, -0.2) is 40.4 Å². The van der Waals surface area contributed by atoms with Gasteiger partial charge in [0.25, 0.3) is 11.5 Å². The molecule has 2 heterocycles. The van der Waals surface area contributed by atoms with Crippen molar-refractivity contribution in [1.82, 2.24) is 4.98 Å². The maximum absolute atomic E-state index is 13.5. The Bertz CT molecular complexity index is 1630. The van der Waals surface area contributed by atoms with Crippen molar-refractivity contribution in [2.24, 2.45) is 0 Å². The highest BCUT2D eigenvalue weighted by Crippen LogP contribution is 2.45. The normalized spacial score (nSPS) is 16.6. The summed E-state index contributed by atoms with van der Waals surface area (Å²) in [6.45, 7) is 2.44. The number of nitro groups is 1. The molecule has 1 aliphatic heterocycles. The number of methoxy groups -OCH3 is 1. The molecule has 0 aliphatic carbocycles. The second-order valence-corrected chi connectivity index (χ2v) is 9.73. The zero-order valence-corrected chi connectivity index (χ0v) is 21.8. The van der Waals surface area contributed by atoms with E-state index in [1.807, 2.05) is 6.92 Å². The number of ketones is 1. The molecule has 1 fully saturated rings. The number of rotatable bonds is 8. The van der Waals surface area contributed by atoms with Gasteiger partial charge in [0.15, 0.2) is 5.13 Å². The SMILES string of the molecule is CCCOc1cccc(C(O)=C2C(=O)C(=O)N(c3nc4ccc(OC)cc4s3)C2c2ccc([N+](=O)[O-])cc2)c1. The molecule has 1 amide bonds. The molecule has 10 nitrogen and oxygen atoms in total. The number of thiazole rings is 1. The average molecular weight is 546 g/mol. The first-order valence-electron chi connectivity index (χ1n) is 12.1. The molecule has 11 heteroatoms. The number of aliphatic hydroxyl groups excluding tert-OH is 1. The molecule has 1 aromatic heterocycles. The van der Waals surface area contributed by atoms with Gasteiger partial charge in [-0.1, -0.05) is 30.4 Å². The number of benzene rings is 3. The summed E-state index contributed by atoms with van der Waals surface area (Å²) < 4.78 is 11.7. The molecule has 4 aromatic rings. The van der Waals surface area contributed by atoms with Gasteiger partial charge in [-0.05, 0) is 54.4 Å². The second-order valence-electron chi connectivity index (χ2n) is 8.72. The molecule has 0 spiro atoms. The average Bonchev–Trinajstić information content (AvgIpc) is 3.49. The Labute approximate surface area is 226 Å². The predicted molar refractivity (Wildman–Crippen MR) is 146 cm³/mol. The third-order valence-corrected chi connectivity index (χ3v) is 7.25. The van der Waals surface area contributed by atoms with Crippen molar-refractivity contribution in [3.05, 3.63) is 93.5 Å². The molecule has 5 rings (SSSR count). The summed E-state index contributed by atoms with van der Waals surface area (Å²) in [5.74, 6) is -1.04. The number of ether oxygens (including phenoxy) is 2. The van der Waals surface area contributed by atoms with Crippen LogP contribution in [0, 0.1) is 10.1 Å². The van der Waals surface area contributed by atoms with E-state index in [9.17, 15) is 24.8 Å². The van der Waals surface area contributed by atoms with E-state index in [4.69, 9.17) is 9.47 Å². The number of nitrogens with zero attached hydrogens (tertiary/aromatic N) is 3. The first kappa shape index (κ1) is 25.9. The monoisotopic (exact) mass is 545 g/mol. The van der Waals surface area contributed by atoms with Crippen LogP contribution < -0.4 is 14.4 Å². The van der Waals surface area contributed by atoms with Gasteiger partial charge >= 0.3 is 5.91 Å². The summed E-state index contributed by atoms with van der Waals surface area (Å²) >= 11 is 1.19. The highest BCUT2D eigenvalue weighted by atomic mass is 32.1. The molecule has 1 aliphatic rings. The van der Waals surface area contributed by atoms with Crippen molar-refractivity contribution in [3.63, 3.8) is 0 Å². The standard InChI is InChI=1S/C28H23N3O7S/c1-3-13-38-20-6-4-5-17(14-20)25(32)23-24(16-7-9-18(10-8-16)31(35)36)30(27(34)26(23)33)28-29-21-12-11-19(37-2)15-22(21)39-28/h4-12,14-15,24,32H,3,13H2,1-2H3. The van der Waals surface area contributed by atoms with E-state index in [1.165, 1.54) is 40.5 Å². The lowest BCUT2D eigenvalue weighted by atomic mass is 9.95. The Morgan fingerprint density at radius 3 is 2.56 bits per heavy atom. The number of non-ortho nitro benzene ring substituents is 1. The maximum Gasteiger partial charge on any atom is 0.301 e. The van der Waals surface area contributed by atoms with Crippen molar-refractivity contribution in [2.75, 3.05) is 18.6 Å². The fourth-order valence-electron chi connectivity index (χ4n) is 4.35. The maximum atomic E-state index is 13.5. The molecular formula is C28H23N3O7S. The number of fused-ring (bicyclic) bond motifs is 1. The Hall–Kier alpha value is -4.77. The molecule has 1 N–H and O–H groups in total. The van der Waals surface area contributed by atoms with E-state index in [2.05, 4.69) is 4.98 Å². The molecule has 0 saturated carbocycles. The molecule has 0 bridgehead atoms. The largest absolute Gasteiger partial charge is 0.507 e. The zero-order valence-electron chi connectivity index (χ0n) is 21.0. The first-order chi connectivity index (χ1) is 18.8. The number of carbonyl (C=O) groups excluding carboxylic acids is 2. The van der Waals surface area contributed by atoms with Crippen LogP contribution in [0.4, 0.5) is 10.8 Å². The van der Waals surface area contributed by atoms with Gasteiger partial charge in [-0.15, -0.1) is 0 Å². The van der Waals surface area contributed by atoms with Gasteiger partial charge in [0.2, 0.25) is 0 Å². The van der Waals surface area contributed by atoms with Crippen LogP contribution in [0.15, 0.2) is 72.3 Å². The van der Waals surface area contributed by atoms with Gasteiger partial charge in [0, 0.05) is 17.7 Å². The lowest BCUT2D eigenvalue weighted by Crippen LogP contribution is -2.29. The van der Waals surface area contributed by atoms with E-state index < -0.39 is 22.7 Å². The summed E-state index contributed by atoms with van der Waals surface area (Å²) in [5.41, 5.74) is 0.988. The Morgan fingerprint density at radius 2 is 1.87 bits per heavy atom. The van der Waals surface area contributed by atoms with Crippen LogP contribution in [0.3, 0.4) is 0 Å². The Kier molecular flexibility index (Phi) is 6.99. The molecule has 1 atom stereocenters. The lowest BCUT2D eigenvalue weighted by Gasteiger charge is -2.23. The number of anilines is 1.